The number of hydrogen-bond donors (Lipinski definition) is 0. The monoisotopic (exact) mass is 407 g/mol. The van der Waals surface area contributed by atoms with Crippen LogP contribution in [0.4, 0.5) is 0 Å². The summed E-state index contributed by atoms with van der Waals surface area (Å²) in [6, 6.07) is 13.3. The minimum absolute atomic E-state index is 0.151. The van der Waals surface area contributed by atoms with Gasteiger partial charge in [-0.15, -0.1) is 0 Å². The van der Waals surface area contributed by atoms with Gasteiger partial charge in [-0.3, -0.25) is 4.79 Å². The highest BCUT2D eigenvalue weighted by atomic mass is 16.5. The first-order chi connectivity index (χ1) is 14.5. The largest absolute Gasteiger partial charge is 0.493 e. The Labute approximate surface area is 175 Å². The average Bonchev–Trinajstić information content (AvgIpc) is 3.24. The Hall–Kier alpha value is -3.61. The average molecular weight is 407 g/mol. The first-order valence-electron chi connectivity index (χ1n) is 9.62. The molecule has 0 aliphatic heterocycles. The van der Waals surface area contributed by atoms with Gasteiger partial charge >= 0.3 is 0 Å². The number of carbonyl (C=O) groups is 1. The molecule has 0 radical (unpaired) electrons. The van der Waals surface area contributed by atoms with Crippen LogP contribution in [0.15, 0.2) is 53.1 Å². The highest BCUT2D eigenvalue weighted by Crippen LogP contribution is 2.28. The van der Waals surface area contributed by atoms with E-state index in [1.807, 2.05) is 50.2 Å². The van der Waals surface area contributed by atoms with Crippen LogP contribution >= 0.6 is 0 Å². The Morgan fingerprint density at radius 1 is 1.10 bits per heavy atom. The molecule has 0 bridgehead atoms. The molecule has 30 heavy (non-hydrogen) atoms. The van der Waals surface area contributed by atoms with Gasteiger partial charge in [0.1, 0.15) is 6.54 Å². The van der Waals surface area contributed by atoms with E-state index in [0.29, 0.717) is 29.8 Å². The lowest BCUT2D eigenvalue weighted by atomic mass is 10.1. The van der Waals surface area contributed by atoms with E-state index in [1.165, 1.54) is 6.08 Å². The van der Waals surface area contributed by atoms with Gasteiger partial charge in [0.2, 0.25) is 17.6 Å². The molecule has 0 spiro atoms. The van der Waals surface area contributed by atoms with Crippen molar-refractivity contribution < 1.29 is 18.8 Å². The number of nitrogens with zero attached hydrogens (tertiary/aromatic N) is 3. The molecule has 0 aliphatic carbocycles. The van der Waals surface area contributed by atoms with Crippen molar-refractivity contribution in [2.45, 2.75) is 20.4 Å². The van der Waals surface area contributed by atoms with Gasteiger partial charge in [-0.1, -0.05) is 41.1 Å². The molecule has 3 aromatic rings. The minimum Gasteiger partial charge on any atom is -0.493 e. The fraction of sp³-hybridized carbons (Fsp3) is 0.261. The van der Waals surface area contributed by atoms with Gasteiger partial charge < -0.3 is 18.9 Å². The normalized spacial score (nSPS) is 10.9. The van der Waals surface area contributed by atoms with Crippen molar-refractivity contribution in [3.8, 4) is 22.9 Å². The van der Waals surface area contributed by atoms with Gasteiger partial charge in [0.15, 0.2) is 11.5 Å². The number of aryl methyl sites for hydroxylation is 1. The second kappa shape index (κ2) is 9.73. The first-order valence-corrected chi connectivity index (χ1v) is 9.62. The SMILES string of the molecule is CCN(Cc1nc(-c2ccc(C)cc2)no1)C(=O)/C=C/c1ccc(OC)c(OC)c1. The van der Waals surface area contributed by atoms with Crippen LogP contribution in [0.3, 0.4) is 0 Å². The van der Waals surface area contributed by atoms with Crippen LogP contribution in [0.1, 0.15) is 23.9 Å². The summed E-state index contributed by atoms with van der Waals surface area (Å²) in [5.41, 5.74) is 2.86. The predicted molar refractivity (Wildman–Crippen MR) is 114 cm³/mol. The fourth-order valence-electron chi connectivity index (χ4n) is 2.88. The molecule has 1 heterocycles. The van der Waals surface area contributed by atoms with Gasteiger partial charge in [0.25, 0.3) is 0 Å². The maximum absolute atomic E-state index is 12.6. The summed E-state index contributed by atoms with van der Waals surface area (Å²) < 4.78 is 15.9. The Morgan fingerprint density at radius 2 is 1.83 bits per heavy atom. The molecule has 0 saturated carbocycles. The van der Waals surface area contributed by atoms with E-state index in [4.69, 9.17) is 14.0 Å². The first kappa shape index (κ1) is 21.1. The number of likely N-dealkylation sites (N-methyl/N-ethyl adjacent to an activating group) is 1. The van der Waals surface area contributed by atoms with Crippen molar-refractivity contribution in [2.75, 3.05) is 20.8 Å². The number of ether oxygens (including phenoxy) is 2. The lowest BCUT2D eigenvalue weighted by Gasteiger charge is -2.16. The summed E-state index contributed by atoms with van der Waals surface area (Å²) in [5.74, 6) is 1.99. The van der Waals surface area contributed by atoms with E-state index in [2.05, 4.69) is 10.1 Å². The third-order valence-electron chi connectivity index (χ3n) is 4.62. The number of hydrogen-bond acceptors (Lipinski definition) is 6. The molecule has 0 N–H and O–H groups in total. The number of methoxy groups -OCH3 is 2. The summed E-state index contributed by atoms with van der Waals surface area (Å²) in [5, 5.41) is 4.02. The van der Waals surface area contributed by atoms with Gasteiger partial charge in [0.05, 0.1) is 14.2 Å². The zero-order chi connectivity index (χ0) is 21.5. The van der Waals surface area contributed by atoms with Crippen molar-refractivity contribution in [1.82, 2.24) is 15.0 Å². The van der Waals surface area contributed by atoms with Crippen molar-refractivity contribution >= 4 is 12.0 Å². The zero-order valence-electron chi connectivity index (χ0n) is 17.6. The van der Waals surface area contributed by atoms with Gasteiger partial charge in [-0.05, 0) is 37.6 Å². The summed E-state index contributed by atoms with van der Waals surface area (Å²) in [6.45, 7) is 4.67. The van der Waals surface area contributed by atoms with Crippen LogP contribution in [-0.2, 0) is 11.3 Å². The van der Waals surface area contributed by atoms with Crippen LogP contribution in [0.5, 0.6) is 11.5 Å². The quantitative estimate of drug-likeness (QED) is 0.523. The lowest BCUT2D eigenvalue weighted by Crippen LogP contribution is -2.28. The third kappa shape index (κ3) is 5.05. The second-order valence-corrected chi connectivity index (χ2v) is 6.68. The molecule has 3 rings (SSSR count). The molecule has 7 heteroatoms. The van der Waals surface area contributed by atoms with E-state index < -0.39 is 0 Å². The maximum Gasteiger partial charge on any atom is 0.247 e. The van der Waals surface area contributed by atoms with E-state index >= 15 is 0 Å². The molecule has 0 atom stereocenters. The lowest BCUT2D eigenvalue weighted by molar-refractivity contribution is -0.126. The second-order valence-electron chi connectivity index (χ2n) is 6.68. The molecule has 2 aromatic carbocycles. The number of aromatic nitrogens is 2. The Bertz CT molecular complexity index is 1030. The topological polar surface area (TPSA) is 77.7 Å². The Morgan fingerprint density at radius 3 is 2.50 bits per heavy atom. The molecule has 0 fully saturated rings. The smallest absolute Gasteiger partial charge is 0.247 e. The molecule has 0 aliphatic rings. The molecular formula is C23H25N3O4. The van der Waals surface area contributed by atoms with Gasteiger partial charge in [-0.25, -0.2) is 0 Å². The summed E-state index contributed by atoms with van der Waals surface area (Å²) in [7, 11) is 3.16. The predicted octanol–water partition coefficient (Wildman–Crippen LogP) is 4.12. The van der Waals surface area contributed by atoms with Crippen molar-refractivity contribution in [3.05, 3.63) is 65.6 Å². The van der Waals surface area contributed by atoms with Crippen LogP contribution in [0, 0.1) is 6.92 Å². The van der Waals surface area contributed by atoms with Gasteiger partial charge in [0, 0.05) is 18.2 Å². The summed E-state index contributed by atoms with van der Waals surface area (Å²) in [6.07, 6.45) is 3.25. The van der Waals surface area contributed by atoms with Crippen LogP contribution in [0.25, 0.3) is 17.5 Å². The van der Waals surface area contributed by atoms with Crippen molar-refractivity contribution in [3.63, 3.8) is 0 Å². The molecular weight excluding hydrogens is 382 g/mol. The number of rotatable bonds is 8. The van der Waals surface area contributed by atoms with Crippen LogP contribution < -0.4 is 9.47 Å². The molecule has 0 saturated heterocycles. The van der Waals surface area contributed by atoms with E-state index in [-0.39, 0.29) is 12.5 Å². The maximum atomic E-state index is 12.6. The van der Waals surface area contributed by atoms with E-state index in [1.54, 1.807) is 31.3 Å². The van der Waals surface area contributed by atoms with Crippen LogP contribution in [-0.4, -0.2) is 41.7 Å². The highest BCUT2D eigenvalue weighted by Gasteiger charge is 2.15. The summed E-state index contributed by atoms with van der Waals surface area (Å²) in [4.78, 5) is 18.7. The highest BCUT2D eigenvalue weighted by molar-refractivity contribution is 5.91. The molecule has 1 amide bonds. The Balaban J connectivity index is 1.68. The third-order valence-corrected chi connectivity index (χ3v) is 4.62. The number of carbonyl (C=O) groups excluding carboxylic acids is 1. The number of benzene rings is 2. The van der Waals surface area contributed by atoms with Crippen LogP contribution in [0.2, 0.25) is 0 Å². The van der Waals surface area contributed by atoms with E-state index in [0.717, 1.165) is 16.7 Å². The fourth-order valence-corrected chi connectivity index (χ4v) is 2.88. The van der Waals surface area contributed by atoms with Crippen molar-refractivity contribution in [2.24, 2.45) is 0 Å². The standard InChI is InChI=1S/C23H25N3O4/c1-5-26(15-21-24-23(25-30-21)18-10-6-16(2)7-11-18)22(27)13-9-17-8-12-19(28-3)20(14-17)29-4/h6-14H,5,15H2,1-4H3/b13-9+. The Kier molecular flexibility index (Phi) is 6.85. The number of amides is 1. The minimum atomic E-state index is -0.151. The van der Waals surface area contributed by atoms with Crippen molar-refractivity contribution in [1.29, 1.82) is 0 Å². The summed E-state index contributed by atoms with van der Waals surface area (Å²) >= 11 is 0. The van der Waals surface area contributed by atoms with E-state index in [9.17, 15) is 4.79 Å². The zero-order valence-corrected chi connectivity index (χ0v) is 17.6. The molecule has 156 valence electrons. The molecule has 7 nitrogen and oxygen atoms in total. The molecule has 0 unspecified atom stereocenters. The van der Waals surface area contributed by atoms with Gasteiger partial charge in [-0.2, -0.15) is 4.98 Å². The molecule has 1 aromatic heterocycles.